The summed E-state index contributed by atoms with van der Waals surface area (Å²) < 4.78 is 0. The molecule has 33 heavy (non-hydrogen) atoms. The first-order valence-corrected chi connectivity index (χ1v) is 12.2. The van der Waals surface area contributed by atoms with Gasteiger partial charge in [-0.25, -0.2) is 0 Å². The van der Waals surface area contributed by atoms with Crippen molar-refractivity contribution in [1.82, 2.24) is 10.2 Å². The molecule has 6 heteroatoms. The van der Waals surface area contributed by atoms with Gasteiger partial charge in [0.2, 0.25) is 5.91 Å². The lowest BCUT2D eigenvalue weighted by Crippen LogP contribution is -2.42. The molecule has 0 bridgehead atoms. The molecule has 1 saturated heterocycles. The molecule has 5 nitrogen and oxygen atoms in total. The van der Waals surface area contributed by atoms with Crippen molar-refractivity contribution in [2.75, 3.05) is 22.9 Å². The number of carbonyl (C=O) groups is 1. The second kappa shape index (κ2) is 9.96. The van der Waals surface area contributed by atoms with E-state index in [0.717, 1.165) is 53.6 Å². The molecule has 166 valence electrons. The SMILES string of the molecule is O=C(C1CCN(c2ccc(-c3cccs3)nn2)CC1)N(Cc1ccccc1)c1ccccc1. The minimum Gasteiger partial charge on any atom is -0.355 e. The van der Waals surface area contributed by atoms with Crippen LogP contribution in [0.3, 0.4) is 0 Å². The van der Waals surface area contributed by atoms with Crippen molar-refractivity contribution >= 4 is 28.7 Å². The number of nitrogens with zero attached hydrogens (tertiary/aromatic N) is 4. The third-order valence-electron chi connectivity index (χ3n) is 6.11. The van der Waals surface area contributed by atoms with Crippen molar-refractivity contribution in [1.29, 1.82) is 0 Å². The van der Waals surface area contributed by atoms with Gasteiger partial charge >= 0.3 is 0 Å². The van der Waals surface area contributed by atoms with E-state index in [1.165, 1.54) is 0 Å². The van der Waals surface area contributed by atoms with Gasteiger partial charge in [-0.1, -0.05) is 54.6 Å². The van der Waals surface area contributed by atoms with Crippen LogP contribution in [-0.2, 0) is 11.3 Å². The number of hydrogen-bond donors (Lipinski definition) is 0. The number of rotatable bonds is 6. The molecule has 0 spiro atoms. The Kier molecular flexibility index (Phi) is 6.44. The lowest BCUT2D eigenvalue weighted by atomic mass is 9.94. The quantitative estimate of drug-likeness (QED) is 0.377. The lowest BCUT2D eigenvalue weighted by Gasteiger charge is -2.34. The van der Waals surface area contributed by atoms with Gasteiger partial charge < -0.3 is 9.80 Å². The van der Waals surface area contributed by atoms with Gasteiger partial charge in [0, 0.05) is 24.7 Å². The van der Waals surface area contributed by atoms with E-state index in [2.05, 4.69) is 33.3 Å². The van der Waals surface area contributed by atoms with Gasteiger partial charge in [-0.3, -0.25) is 4.79 Å². The Morgan fingerprint density at radius 2 is 1.61 bits per heavy atom. The average Bonchev–Trinajstić information content (AvgIpc) is 3.43. The minimum absolute atomic E-state index is 0.00326. The highest BCUT2D eigenvalue weighted by Gasteiger charge is 2.30. The van der Waals surface area contributed by atoms with Crippen LogP contribution in [-0.4, -0.2) is 29.2 Å². The van der Waals surface area contributed by atoms with E-state index in [1.807, 2.05) is 77.0 Å². The van der Waals surface area contributed by atoms with Crippen LogP contribution in [0.1, 0.15) is 18.4 Å². The molecule has 5 rings (SSSR count). The third-order valence-corrected chi connectivity index (χ3v) is 7.00. The molecular formula is C27H26N4OS. The number of anilines is 2. The molecule has 1 fully saturated rings. The molecule has 1 aliphatic rings. The van der Waals surface area contributed by atoms with Gasteiger partial charge in [-0.05, 0) is 54.1 Å². The van der Waals surface area contributed by atoms with Crippen LogP contribution < -0.4 is 9.80 Å². The molecule has 3 heterocycles. The summed E-state index contributed by atoms with van der Waals surface area (Å²) in [6.45, 7) is 2.19. The van der Waals surface area contributed by atoms with Crippen molar-refractivity contribution in [2.45, 2.75) is 19.4 Å². The summed E-state index contributed by atoms with van der Waals surface area (Å²) in [5.74, 6) is 1.08. The van der Waals surface area contributed by atoms with Crippen molar-refractivity contribution in [2.24, 2.45) is 5.92 Å². The van der Waals surface area contributed by atoms with Gasteiger partial charge in [0.15, 0.2) is 5.82 Å². The maximum atomic E-state index is 13.6. The molecule has 0 N–H and O–H groups in total. The van der Waals surface area contributed by atoms with Gasteiger partial charge in [0.05, 0.1) is 11.4 Å². The highest BCUT2D eigenvalue weighted by Crippen LogP contribution is 2.28. The Balaban J connectivity index is 1.26. The largest absolute Gasteiger partial charge is 0.355 e. The second-order valence-electron chi connectivity index (χ2n) is 8.26. The molecule has 4 aromatic rings. The molecule has 2 aromatic carbocycles. The van der Waals surface area contributed by atoms with Crippen LogP contribution in [0.5, 0.6) is 0 Å². The average molecular weight is 455 g/mol. The van der Waals surface area contributed by atoms with Crippen LogP contribution in [0.15, 0.2) is 90.3 Å². The number of amides is 1. The zero-order valence-corrected chi connectivity index (χ0v) is 19.2. The monoisotopic (exact) mass is 454 g/mol. The fraction of sp³-hybridized carbons (Fsp3) is 0.222. The normalized spacial score (nSPS) is 14.2. The van der Waals surface area contributed by atoms with Crippen LogP contribution in [0.25, 0.3) is 10.6 Å². The summed E-state index contributed by atoms with van der Waals surface area (Å²) in [5, 5.41) is 10.9. The molecule has 0 unspecified atom stereocenters. The van der Waals surface area contributed by atoms with Crippen molar-refractivity contribution in [3.63, 3.8) is 0 Å². The third kappa shape index (κ3) is 4.96. The Bertz CT molecular complexity index is 1160. The zero-order chi connectivity index (χ0) is 22.5. The lowest BCUT2D eigenvalue weighted by molar-refractivity contribution is -0.123. The highest BCUT2D eigenvalue weighted by atomic mass is 32.1. The first-order valence-electron chi connectivity index (χ1n) is 11.3. The van der Waals surface area contributed by atoms with Crippen LogP contribution >= 0.6 is 11.3 Å². The van der Waals surface area contributed by atoms with Crippen molar-refractivity contribution in [3.05, 3.63) is 95.9 Å². The summed E-state index contributed by atoms with van der Waals surface area (Å²) in [6, 6.07) is 28.3. The summed E-state index contributed by atoms with van der Waals surface area (Å²) in [7, 11) is 0. The number of carbonyl (C=O) groups excluding carboxylic acids is 1. The summed E-state index contributed by atoms with van der Waals surface area (Å²) >= 11 is 1.66. The second-order valence-corrected chi connectivity index (χ2v) is 9.21. The minimum atomic E-state index is 0.00326. The summed E-state index contributed by atoms with van der Waals surface area (Å²) in [4.78, 5) is 18.9. The predicted octanol–water partition coefficient (Wildman–Crippen LogP) is 5.65. The fourth-order valence-corrected chi connectivity index (χ4v) is 4.99. The Morgan fingerprint density at radius 3 is 2.24 bits per heavy atom. The Hall–Kier alpha value is -3.51. The molecule has 2 aromatic heterocycles. The van der Waals surface area contributed by atoms with Crippen LogP contribution in [0.2, 0.25) is 0 Å². The fourth-order valence-electron chi connectivity index (χ4n) is 4.30. The highest BCUT2D eigenvalue weighted by molar-refractivity contribution is 7.13. The van der Waals surface area contributed by atoms with Crippen LogP contribution in [0.4, 0.5) is 11.5 Å². The van der Waals surface area contributed by atoms with Gasteiger partial charge in [-0.15, -0.1) is 21.5 Å². The zero-order valence-electron chi connectivity index (χ0n) is 18.4. The van der Waals surface area contributed by atoms with Crippen molar-refractivity contribution < 1.29 is 4.79 Å². The van der Waals surface area contributed by atoms with E-state index in [9.17, 15) is 4.79 Å². The van der Waals surface area contributed by atoms with Crippen LogP contribution in [0, 0.1) is 5.92 Å². The Labute approximate surface area is 198 Å². The van der Waals surface area contributed by atoms with Gasteiger partial charge in [0.1, 0.15) is 5.69 Å². The van der Waals surface area contributed by atoms with E-state index < -0.39 is 0 Å². The molecule has 0 radical (unpaired) electrons. The first-order chi connectivity index (χ1) is 16.3. The smallest absolute Gasteiger partial charge is 0.230 e. The number of thiophene rings is 1. The Morgan fingerprint density at radius 1 is 0.879 bits per heavy atom. The first kappa shape index (κ1) is 21.3. The number of benzene rings is 2. The molecule has 1 aliphatic heterocycles. The molecule has 0 aliphatic carbocycles. The molecule has 0 atom stereocenters. The number of hydrogen-bond acceptors (Lipinski definition) is 5. The van der Waals surface area contributed by atoms with E-state index in [0.29, 0.717) is 6.54 Å². The van der Waals surface area contributed by atoms with Gasteiger partial charge in [-0.2, -0.15) is 0 Å². The van der Waals surface area contributed by atoms with Gasteiger partial charge in [0.25, 0.3) is 0 Å². The number of para-hydroxylation sites is 1. The predicted molar refractivity (Wildman–Crippen MR) is 134 cm³/mol. The maximum Gasteiger partial charge on any atom is 0.230 e. The van der Waals surface area contributed by atoms with E-state index in [-0.39, 0.29) is 11.8 Å². The van der Waals surface area contributed by atoms with E-state index in [4.69, 9.17) is 0 Å². The maximum absolute atomic E-state index is 13.6. The molecule has 1 amide bonds. The number of aromatic nitrogens is 2. The topological polar surface area (TPSA) is 49.3 Å². The summed E-state index contributed by atoms with van der Waals surface area (Å²) in [5.41, 5.74) is 2.98. The summed E-state index contributed by atoms with van der Waals surface area (Å²) in [6.07, 6.45) is 1.62. The molecule has 0 saturated carbocycles. The van der Waals surface area contributed by atoms with E-state index >= 15 is 0 Å². The van der Waals surface area contributed by atoms with Crippen molar-refractivity contribution in [3.8, 4) is 10.6 Å². The van der Waals surface area contributed by atoms with E-state index in [1.54, 1.807) is 11.3 Å². The number of piperidine rings is 1. The molecular weight excluding hydrogens is 428 g/mol. The standard InChI is InChI=1S/C27H26N4OS/c32-27(31(23-10-5-2-6-11-23)20-21-8-3-1-4-9-21)22-15-17-30(18-16-22)26-14-13-24(28-29-26)25-12-7-19-33-25/h1-14,19,22H,15-18,20H2.